The van der Waals surface area contributed by atoms with Gasteiger partial charge in [-0.3, -0.25) is 57.1 Å². The molecule has 0 saturated heterocycles. The van der Waals surface area contributed by atoms with Crippen LogP contribution in [0.2, 0.25) is 0 Å². The zero-order valence-corrected chi connectivity index (χ0v) is 48.7. The lowest BCUT2D eigenvalue weighted by molar-refractivity contribution is -0.124. The van der Waals surface area contributed by atoms with Gasteiger partial charge in [0.2, 0.25) is 47.3 Å². The van der Waals surface area contributed by atoms with Crippen LogP contribution in [0.5, 0.6) is 0 Å². The quantitative estimate of drug-likeness (QED) is 0.0192. The smallest absolute Gasteiger partial charge is 0.222 e. The predicted octanol–water partition coefficient (Wildman–Crippen LogP) is -4.98. The van der Waals surface area contributed by atoms with Gasteiger partial charge in [0.15, 0.2) is 0 Å². The van der Waals surface area contributed by atoms with E-state index in [4.69, 9.17) is 18.9 Å². The van der Waals surface area contributed by atoms with Crippen molar-refractivity contribution in [3.05, 3.63) is 47.6 Å². The van der Waals surface area contributed by atoms with E-state index >= 15 is 0 Å². The minimum atomic E-state index is -0.281. The molecule has 34 heteroatoms. The van der Waals surface area contributed by atoms with E-state index in [1.807, 2.05) is 9.80 Å². The van der Waals surface area contributed by atoms with Crippen molar-refractivity contribution >= 4 is 47.3 Å². The third-order valence-corrected chi connectivity index (χ3v) is 11.9. The van der Waals surface area contributed by atoms with Crippen LogP contribution in [-0.2, 0) is 112 Å². The van der Waals surface area contributed by atoms with E-state index in [1.165, 1.54) is 0 Å². The summed E-state index contributed by atoms with van der Waals surface area (Å²) in [5, 5.41) is 53.4. The molecule has 0 fully saturated rings. The van der Waals surface area contributed by atoms with Gasteiger partial charge in [-0.15, -0.1) is 20.4 Å². The monoisotopic (exact) mass is 1180 g/mol. The Morgan fingerprint density at radius 3 is 0.690 bits per heavy atom. The third-order valence-electron chi connectivity index (χ3n) is 11.9. The second kappa shape index (κ2) is 41.1. The first-order valence-corrected chi connectivity index (χ1v) is 27.9. The zero-order chi connectivity index (χ0) is 60.6. The van der Waals surface area contributed by atoms with Crippen LogP contribution < -0.4 is 42.5 Å². The highest BCUT2D eigenvalue weighted by atomic mass is 16.5. The molecule has 4 aromatic heterocycles. The maximum Gasteiger partial charge on any atom is 0.222 e. The number of carbonyl (C=O) groups is 8. The second-order valence-electron chi connectivity index (χ2n) is 19.2. The molecule has 8 amide bonds. The van der Waals surface area contributed by atoms with Gasteiger partial charge < -0.3 is 71.3 Å². The molecule has 4 rings (SSSR count). The number of rotatable bonds is 47. The topological polar surface area (TPSA) is 399 Å². The van der Waals surface area contributed by atoms with Crippen molar-refractivity contribution in [1.29, 1.82) is 0 Å². The lowest BCUT2D eigenvalue weighted by Gasteiger charge is -2.27. The van der Waals surface area contributed by atoms with Crippen molar-refractivity contribution in [3.8, 4) is 0 Å². The molecule has 0 aliphatic carbocycles. The Labute approximate surface area is 487 Å². The summed E-state index contributed by atoms with van der Waals surface area (Å²) in [5.41, 5.74) is 2.58. The van der Waals surface area contributed by atoms with Crippen molar-refractivity contribution in [3.63, 3.8) is 0 Å². The SMILES string of the molecule is Cn1cc(COCCC(=O)NCCNC(=O)CCN(CCC(=O)NCCNC(=O)CCOCc2cn(C)nn2)CCN(CCC(=O)NCCNC(=O)CCOCc2cn(C)nn2)CCC(=O)NCCNC(=O)CCOCc2cn(C)nn2)nn1. The highest BCUT2D eigenvalue weighted by molar-refractivity contribution is 5.79. The van der Waals surface area contributed by atoms with E-state index in [9.17, 15) is 38.4 Å². The highest BCUT2D eigenvalue weighted by Gasteiger charge is 2.17. The van der Waals surface area contributed by atoms with Crippen LogP contribution in [-0.4, -0.2) is 235 Å². The zero-order valence-electron chi connectivity index (χ0n) is 48.7. The summed E-state index contributed by atoms with van der Waals surface area (Å²) in [6, 6.07) is 0. The lowest BCUT2D eigenvalue weighted by atomic mass is 10.2. The van der Waals surface area contributed by atoms with E-state index in [2.05, 4.69) is 83.8 Å². The minimum absolute atomic E-state index is 0.0595. The van der Waals surface area contributed by atoms with Crippen LogP contribution in [0.3, 0.4) is 0 Å². The molecule has 4 aromatic rings. The number of nitrogens with one attached hydrogen (secondary N) is 8. The Morgan fingerprint density at radius 2 is 0.512 bits per heavy atom. The van der Waals surface area contributed by atoms with Gasteiger partial charge in [0.1, 0.15) is 22.8 Å². The lowest BCUT2D eigenvalue weighted by Crippen LogP contribution is -2.42. The molecule has 0 aliphatic heterocycles. The molecule has 0 aliphatic rings. The van der Waals surface area contributed by atoms with Gasteiger partial charge in [-0.25, -0.2) is 0 Å². The minimum Gasteiger partial charge on any atom is -0.374 e. The molecule has 0 unspecified atom stereocenters. The normalized spacial score (nSPS) is 11.2. The molecule has 0 saturated carbocycles. The maximum atomic E-state index is 13.1. The number of amides is 8. The van der Waals surface area contributed by atoms with Gasteiger partial charge in [-0.2, -0.15) is 0 Å². The molecule has 84 heavy (non-hydrogen) atoms. The predicted molar refractivity (Wildman–Crippen MR) is 297 cm³/mol. The summed E-state index contributed by atoms with van der Waals surface area (Å²) < 4.78 is 28.2. The Kier molecular flexibility index (Phi) is 33.6. The molecule has 466 valence electrons. The second-order valence-corrected chi connectivity index (χ2v) is 19.2. The standard InChI is InChI=1S/C50H84N22O12/c1-67-31-39(59-63-67)35-81-27-9-47(77)55-17-13-51-43(73)5-21-71(22-6-44(74)52-14-18-56-48(78)10-28-82-36-40-32-68(2)64-60-40)25-26-72(23-7-45(75)53-15-19-57-49(79)11-29-83-37-41-33-69(3)65-61-41)24-8-46(76)54-16-20-58-50(80)12-30-84-38-42-34-70(4)66-62-42/h31-34H,5-30,35-38H2,1-4H3,(H,51,73)(H,52,74)(H,53,75)(H,54,76)(H,55,77)(H,56,78)(H,57,79)(H,58,80). The fourth-order valence-corrected chi connectivity index (χ4v) is 7.53. The number of aryl methyl sites for hydroxylation is 4. The van der Waals surface area contributed by atoms with Crippen molar-refractivity contribution in [2.45, 2.75) is 77.8 Å². The first kappa shape index (κ1) is 68.6. The fraction of sp³-hybridized carbons (Fsp3) is 0.680. The Morgan fingerprint density at radius 1 is 0.321 bits per heavy atom. The van der Waals surface area contributed by atoms with E-state index in [1.54, 1.807) is 71.7 Å². The third kappa shape index (κ3) is 33.3. The number of ether oxygens (including phenoxy) is 4. The summed E-state index contributed by atoms with van der Waals surface area (Å²) in [5.74, 6) is -2.10. The molecule has 4 heterocycles. The molecular formula is C50H84N22O12. The average molecular weight is 1190 g/mol. The van der Waals surface area contributed by atoms with E-state index in [0.29, 0.717) is 35.9 Å². The van der Waals surface area contributed by atoms with E-state index < -0.39 is 0 Å². The molecule has 0 radical (unpaired) electrons. The first-order valence-electron chi connectivity index (χ1n) is 27.9. The van der Waals surface area contributed by atoms with Gasteiger partial charge >= 0.3 is 0 Å². The van der Waals surface area contributed by atoms with Crippen LogP contribution in [0.1, 0.15) is 74.1 Å². The van der Waals surface area contributed by atoms with Crippen LogP contribution >= 0.6 is 0 Å². The maximum absolute atomic E-state index is 13.1. The Hall–Kier alpha value is -7.92. The van der Waals surface area contributed by atoms with Gasteiger partial charge in [0.05, 0.1) is 77.6 Å². The Balaban J connectivity index is 1.24. The molecule has 0 bridgehead atoms. The average Bonchev–Trinajstić information content (AvgIpc) is 4.33. The van der Waals surface area contributed by atoms with E-state index in [-0.39, 0.29) is 230 Å². The van der Waals surface area contributed by atoms with Gasteiger partial charge in [0, 0.05) is 171 Å². The van der Waals surface area contributed by atoms with Crippen molar-refractivity contribution in [2.75, 3.05) is 118 Å². The molecule has 0 aromatic carbocycles. The molecule has 0 spiro atoms. The first-order chi connectivity index (χ1) is 40.6. The number of hydrogen-bond donors (Lipinski definition) is 8. The summed E-state index contributed by atoms with van der Waals surface area (Å²) >= 11 is 0. The summed E-state index contributed by atoms with van der Waals surface area (Å²) in [4.78, 5) is 106. The number of carbonyl (C=O) groups excluding carboxylic acids is 8. The van der Waals surface area contributed by atoms with Gasteiger partial charge in [-0.05, 0) is 0 Å². The number of aromatic nitrogens is 12. The summed E-state index contributed by atoms with van der Waals surface area (Å²) in [7, 11) is 6.97. The number of nitrogens with zero attached hydrogens (tertiary/aromatic N) is 14. The van der Waals surface area contributed by atoms with Crippen LogP contribution in [0, 0.1) is 0 Å². The Bertz CT molecular complexity index is 2250. The van der Waals surface area contributed by atoms with Gasteiger partial charge in [-0.1, -0.05) is 20.9 Å². The molecule has 0 atom stereocenters. The van der Waals surface area contributed by atoms with E-state index in [0.717, 1.165) is 0 Å². The summed E-state index contributed by atoms with van der Waals surface area (Å²) in [6.45, 7) is 4.76. The fourth-order valence-electron chi connectivity index (χ4n) is 7.53. The summed E-state index contributed by atoms with van der Waals surface area (Å²) in [6.07, 6.45) is 7.58. The molecule has 8 N–H and O–H groups in total. The van der Waals surface area contributed by atoms with Crippen LogP contribution in [0.4, 0.5) is 0 Å². The van der Waals surface area contributed by atoms with Crippen LogP contribution in [0.15, 0.2) is 24.8 Å². The highest BCUT2D eigenvalue weighted by Crippen LogP contribution is 2.03. The van der Waals surface area contributed by atoms with Crippen molar-refractivity contribution in [1.82, 2.24) is 112 Å². The molecular weight excluding hydrogens is 1100 g/mol. The van der Waals surface area contributed by atoms with Gasteiger partial charge in [0.25, 0.3) is 0 Å². The molecule has 34 nitrogen and oxygen atoms in total. The van der Waals surface area contributed by atoms with Crippen molar-refractivity contribution in [2.24, 2.45) is 28.2 Å². The number of hydrogen-bond acceptors (Lipinski definition) is 22. The van der Waals surface area contributed by atoms with Crippen LogP contribution in [0.25, 0.3) is 0 Å². The van der Waals surface area contributed by atoms with Crippen molar-refractivity contribution < 1.29 is 57.3 Å². The largest absolute Gasteiger partial charge is 0.374 e.